The zero-order valence-electron chi connectivity index (χ0n) is 27.5. The van der Waals surface area contributed by atoms with E-state index in [9.17, 15) is 0 Å². The summed E-state index contributed by atoms with van der Waals surface area (Å²) in [6.07, 6.45) is 8.08. The Hall–Kier alpha value is -6.60. The Kier molecular flexibility index (Phi) is 6.39. The topological polar surface area (TPSA) is 25.8 Å². The first-order valence-electron chi connectivity index (χ1n) is 17.1. The van der Waals surface area contributed by atoms with Gasteiger partial charge in [0.2, 0.25) is 0 Å². The van der Waals surface area contributed by atoms with Crippen LogP contribution in [0.1, 0.15) is 18.1 Å². The predicted octanol–water partition coefficient (Wildman–Crippen LogP) is 12.8. The van der Waals surface area contributed by atoms with Crippen molar-refractivity contribution in [3.05, 3.63) is 175 Å². The van der Waals surface area contributed by atoms with E-state index < -0.39 is 0 Å². The highest BCUT2D eigenvalue weighted by Gasteiger charge is 2.17. The van der Waals surface area contributed by atoms with Crippen LogP contribution in [-0.2, 0) is 0 Å². The smallest absolute Gasteiger partial charge is 0.0800 e. The highest BCUT2D eigenvalue weighted by Crippen LogP contribution is 2.41. The monoisotopic (exact) mass is 634 g/mol. The molecule has 0 radical (unpaired) electrons. The molecule has 10 rings (SSSR count). The SMILES string of the molecule is CC1=C=CC=Cc2ccc3c(-c4ccc(-c5cccc(-c6nc7c8ccccc8c8ccccc8c7c7ccccc67)c5)cc4)ccnc3c21. The molecule has 1 aliphatic carbocycles. The minimum Gasteiger partial charge on any atom is -0.256 e. The summed E-state index contributed by atoms with van der Waals surface area (Å²) >= 11 is 0. The normalized spacial score (nSPS) is 12.5. The first-order valence-corrected chi connectivity index (χ1v) is 17.1. The standard InChI is InChI=1S/C48H30N2/c1-30-11-2-3-12-33-25-26-43-36(27-28-49-47(43)44(30)33)32-23-21-31(22-24-32)34-13-10-14-35(29-34)46-42-20-9-7-18-40(42)45-39-17-6-4-15-37(39)38-16-5-8-19-41(38)48(45)50-46/h2-10,12-29H,1H3. The van der Waals surface area contributed by atoms with Crippen LogP contribution in [0.25, 0.3) is 99.3 Å². The number of nitrogens with zero attached hydrogens (tertiary/aromatic N) is 2. The second-order valence-electron chi connectivity index (χ2n) is 13.1. The Morgan fingerprint density at radius 2 is 1.16 bits per heavy atom. The molecule has 50 heavy (non-hydrogen) atoms. The van der Waals surface area contributed by atoms with E-state index >= 15 is 0 Å². The fourth-order valence-electron chi connectivity index (χ4n) is 7.92. The van der Waals surface area contributed by atoms with Gasteiger partial charge in [0.15, 0.2) is 0 Å². The van der Waals surface area contributed by atoms with Gasteiger partial charge < -0.3 is 0 Å². The number of rotatable bonds is 3. The highest BCUT2D eigenvalue weighted by molar-refractivity contribution is 6.31. The van der Waals surface area contributed by atoms with Crippen molar-refractivity contribution < 1.29 is 0 Å². The number of hydrogen-bond acceptors (Lipinski definition) is 2. The van der Waals surface area contributed by atoms with Gasteiger partial charge in [-0.2, -0.15) is 0 Å². The molecule has 0 saturated heterocycles. The van der Waals surface area contributed by atoms with Crippen molar-refractivity contribution >= 4 is 65.8 Å². The van der Waals surface area contributed by atoms with E-state index in [1.54, 1.807) is 0 Å². The van der Waals surface area contributed by atoms with Gasteiger partial charge in [0.1, 0.15) is 0 Å². The second-order valence-corrected chi connectivity index (χ2v) is 13.1. The van der Waals surface area contributed by atoms with Crippen molar-refractivity contribution in [3.63, 3.8) is 0 Å². The minimum atomic E-state index is 1.00. The van der Waals surface area contributed by atoms with Gasteiger partial charge >= 0.3 is 0 Å². The van der Waals surface area contributed by atoms with Crippen LogP contribution in [0.3, 0.4) is 0 Å². The van der Waals surface area contributed by atoms with Gasteiger partial charge in [-0.1, -0.05) is 140 Å². The van der Waals surface area contributed by atoms with Gasteiger partial charge in [-0.15, -0.1) is 5.73 Å². The molecule has 2 aromatic heterocycles. The lowest BCUT2D eigenvalue weighted by Gasteiger charge is -2.15. The van der Waals surface area contributed by atoms with E-state index in [4.69, 9.17) is 9.97 Å². The quantitative estimate of drug-likeness (QED) is 0.143. The van der Waals surface area contributed by atoms with E-state index in [0.29, 0.717) is 0 Å². The number of pyridine rings is 2. The lowest BCUT2D eigenvalue weighted by atomic mass is 9.91. The van der Waals surface area contributed by atoms with Crippen LogP contribution in [-0.4, -0.2) is 9.97 Å². The maximum atomic E-state index is 5.49. The van der Waals surface area contributed by atoms with Crippen molar-refractivity contribution in [1.29, 1.82) is 0 Å². The third kappa shape index (κ3) is 4.37. The summed E-state index contributed by atoms with van der Waals surface area (Å²) in [5.74, 6) is 0. The highest BCUT2D eigenvalue weighted by atomic mass is 14.7. The maximum Gasteiger partial charge on any atom is 0.0800 e. The van der Waals surface area contributed by atoms with E-state index in [-0.39, 0.29) is 0 Å². The predicted molar refractivity (Wildman–Crippen MR) is 212 cm³/mol. The Morgan fingerprint density at radius 3 is 1.96 bits per heavy atom. The Morgan fingerprint density at radius 1 is 0.500 bits per heavy atom. The molecule has 7 aromatic carbocycles. The molecule has 0 spiro atoms. The van der Waals surface area contributed by atoms with Gasteiger partial charge in [0, 0.05) is 44.4 Å². The Labute approximate surface area is 290 Å². The van der Waals surface area contributed by atoms with Crippen molar-refractivity contribution in [2.45, 2.75) is 6.92 Å². The van der Waals surface area contributed by atoms with Crippen LogP contribution >= 0.6 is 0 Å². The molecule has 0 saturated carbocycles. The molecule has 232 valence electrons. The van der Waals surface area contributed by atoms with E-state index in [1.165, 1.54) is 54.6 Å². The van der Waals surface area contributed by atoms with Gasteiger partial charge in [0.25, 0.3) is 0 Å². The minimum absolute atomic E-state index is 1.00. The molecule has 0 amide bonds. The molecule has 2 heteroatoms. The fourth-order valence-corrected chi connectivity index (χ4v) is 7.92. The number of benzene rings is 7. The third-order valence-electron chi connectivity index (χ3n) is 10.2. The molecule has 0 aliphatic heterocycles. The summed E-state index contributed by atoms with van der Waals surface area (Å²) in [6.45, 7) is 2.11. The second kappa shape index (κ2) is 11.2. The summed E-state index contributed by atoms with van der Waals surface area (Å²) in [7, 11) is 0. The van der Waals surface area contributed by atoms with Gasteiger partial charge in [0.05, 0.1) is 16.7 Å². The lowest BCUT2D eigenvalue weighted by Crippen LogP contribution is -1.93. The molecule has 0 atom stereocenters. The van der Waals surface area contributed by atoms with Crippen LogP contribution in [0, 0.1) is 0 Å². The molecule has 9 aromatic rings. The van der Waals surface area contributed by atoms with Gasteiger partial charge in [-0.05, 0) is 74.5 Å². The fraction of sp³-hybridized carbons (Fsp3) is 0.0208. The first kappa shape index (κ1) is 28.4. The summed E-state index contributed by atoms with van der Waals surface area (Å²) in [4.78, 5) is 10.3. The van der Waals surface area contributed by atoms with E-state index in [2.05, 4.69) is 158 Å². The number of hydrogen-bond donors (Lipinski definition) is 0. The molecular formula is C48H30N2. The number of fused-ring (bicyclic) bond motifs is 11. The van der Waals surface area contributed by atoms with Crippen LogP contribution in [0.4, 0.5) is 0 Å². The van der Waals surface area contributed by atoms with Crippen LogP contribution in [0.2, 0.25) is 0 Å². The average Bonchev–Trinajstić information content (AvgIpc) is 3.38. The van der Waals surface area contributed by atoms with Crippen LogP contribution in [0.15, 0.2) is 164 Å². The average molecular weight is 635 g/mol. The molecule has 2 heterocycles. The molecular weight excluding hydrogens is 605 g/mol. The maximum absolute atomic E-state index is 5.49. The van der Waals surface area contributed by atoms with Crippen LogP contribution in [0.5, 0.6) is 0 Å². The van der Waals surface area contributed by atoms with E-state index in [1.807, 2.05) is 18.3 Å². The van der Waals surface area contributed by atoms with Gasteiger partial charge in [-0.25, -0.2) is 4.98 Å². The third-order valence-corrected chi connectivity index (χ3v) is 10.2. The number of allylic oxidation sites excluding steroid dienone is 2. The summed E-state index contributed by atoms with van der Waals surface area (Å²) in [5, 5.41) is 9.65. The van der Waals surface area contributed by atoms with E-state index in [0.717, 1.165) is 49.8 Å². The summed E-state index contributed by atoms with van der Waals surface area (Å²) in [6, 6.07) is 50.4. The van der Waals surface area contributed by atoms with Crippen molar-refractivity contribution in [1.82, 2.24) is 9.97 Å². The molecule has 2 nitrogen and oxygen atoms in total. The molecule has 0 fully saturated rings. The van der Waals surface area contributed by atoms with Crippen molar-refractivity contribution in [2.75, 3.05) is 0 Å². The summed E-state index contributed by atoms with van der Waals surface area (Å²) in [5.41, 5.74) is 15.6. The molecule has 1 aliphatic rings. The zero-order chi connectivity index (χ0) is 33.2. The molecule has 0 bridgehead atoms. The molecule has 0 N–H and O–H groups in total. The van der Waals surface area contributed by atoms with Gasteiger partial charge in [-0.3, -0.25) is 4.98 Å². The first-order chi connectivity index (χ1) is 24.7. The Balaban J connectivity index is 1.10. The van der Waals surface area contributed by atoms with Crippen LogP contribution < -0.4 is 0 Å². The summed E-state index contributed by atoms with van der Waals surface area (Å²) < 4.78 is 0. The zero-order valence-corrected chi connectivity index (χ0v) is 27.5. The largest absolute Gasteiger partial charge is 0.256 e. The lowest BCUT2D eigenvalue weighted by molar-refractivity contribution is 1.39. The molecule has 0 unspecified atom stereocenters. The van der Waals surface area contributed by atoms with Crippen molar-refractivity contribution in [2.24, 2.45) is 0 Å². The number of aromatic nitrogens is 2. The Bertz CT molecular complexity index is 2960. The van der Waals surface area contributed by atoms with Crippen molar-refractivity contribution in [3.8, 4) is 33.5 Å².